The number of hydrogen-bond donors (Lipinski definition) is 2. The van der Waals surface area contributed by atoms with Crippen LogP contribution in [0.2, 0.25) is 0 Å². The number of benzene rings is 2. The van der Waals surface area contributed by atoms with Crippen molar-refractivity contribution in [2.75, 3.05) is 20.2 Å². The van der Waals surface area contributed by atoms with Crippen molar-refractivity contribution in [3.63, 3.8) is 0 Å². The number of aliphatic hydroxyl groups excluding tert-OH is 1. The predicted molar refractivity (Wildman–Crippen MR) is 80.9 cm³/mol. The molecule has 2 N–H and O–H groups in total. The predicted octanol–water partition coefficient (Wildman–Crippen LogP) is 2.70. The molecule has 0 saturated heterocycles. The van der Waals surface area contributed by atoms with Gasteiger partial charge in [0.1, 0.15) is 11.6 Å². The minimum atomic E-state index is -0.566. The molecule has 4 heteroatoms. The maximum absolute atomic E-state index is 13.0. The van der Waals surface area contributed by atoms with Gasteiger partial charge in [0.15, 0.2) is 0 Å². The van der Waals surface area contributed by atoms with Crippen LogP contribution >= 0.6 is 0 Å². The van der Waals surface area contributed by atoms with Crippen LogP contribution in [-0.2, 0) is 6.42 Å². The topological polar surface area (TPSA) is 41.5 Å². The third-order valence-corrected chi connectivity index (χ3v) is 3.32. The lowest BCUT2D eigenvalue weighted by Crippen LogP contribution is -2.23. The van der Waals surface area contributed by atoms with Gasteiger partial charge in [0.05, 0.1) is 13.2 Å². The Morgan fingerprint density at radius 2 is 1.95 bits per heavy atom. The van der Waals surface area contributed by atoms with Crippen molar-refractivity contribution >= 4 is 0 Å². The van der Waals surface area contributed by atoms with Gasteiger partial charge in [0, 0.05) is 6.54 Å². The van der Waals surface area contributed by atoms with Gasteiger partial charge in [-0.05, 0) is 48.4 Å². The molecule has 0 aromatic heterocycles. The third-order valence-electron chi connectivity index (χ3n) is 3.32. The SMILES string of the molecule is COc1ccc(C(O)CNCCc2cccc(F)c2)cc1. The first-order valence-electron chi connectivity index (χ1n) is 6.96. The molecule has 2 aromatic carbocycles. The Morgan fingerprint density at radius 3 is 2.62 bits per heavy atom. The fourth-order valence-electron chi connectivity index (χ4n) is 2.11. The molecule has 0 radical (unpaired) electrons. The first-order chi connectivity index (χ1) is 10.2. The van der Waals surface area contributed by atoms with Crippen LogP contribution in [0.4, 0.5) is 4.39 Å². The van der Waals surface area contributed by atoms with Crippen molar-refractivity contribution < 1.29 is 14.2 Å². The Kier molecular flexibility index (Phi) is 5.72. The van der Waals surface area contributed by atoms with Crippen molar-refractivity contribution in [1.82, 2.24) is 5.32 Å². The van der Waals surface area contributed by atoms with Gasteiger partial charge in [-0.2, -0.15) is 0 Å². The van der Waals surface area contributed by atoms with E-state index in [0.717, 1.165) is 23.3 Å². The summed E-state index contributed by atoms with van der Waals surface area (Å²) in [7, 11) is 1.61. The number of ether oxygens (including phenoxy) is 1. The summed E-state index contributed by atoms with van der Waals surface area (Å²) >= 11 is 0. The summed E-state index contributed by atoms with van der Waals surface area (Å²) in [5.74, 6) is 0.552. The monoisotopic (exact) mass is 289 g/mol. The number of methoxy groups -OCH3 is 1. The molecule has 0 bridgehead atoms. The number of halogens is 1. The van der Waals surface area contributed by atoms with E-state index in [1.807, 2.05) is 30.3 Å². The summed E-state index contributed by atoms with van der Waals surface area (Å²) in [5.41, 5.74) is 1.79. The lowest BCUT2D eigenvalue weighted by molar-refractivity contribution is 0.175. The van der Waals surface area contributed by atoms with Gasteiger partial charge < -0.3 is 15.2 Å². The molecule has 0 fully saturated rings. The van der Waals surface area contributed by atoms with E-state index in [9.17, 15) is 9.50 Å². The molecule has 0 heterocycles. The molecule has 0 saturated carbocycles. The zero-order chi connectivity index (χ0) is 15.1. The fourth-order valence-corrected chi connectivity index (χ4v) is 2.11. The third kappa shape index (κ3) is 4.85. The Bertz CT molecular complexity index is 557. The van der Waals surface area contributed by atoms with Gasteiger partial charge in [-0.1, -0.05) is 24.3 Å². The van der Waals surface area contributed by atoms with Crippen molar-refractivity contribution in [1.29, 1.82) is 0 Å². The number of hydrogen-bond acceptors (Lipinski definition) is 3. The molecule has 0 aliphatic carbocycles. The highest BCUT2D eigenvalue weighted by atomic mass is 19.1. The normalized spacial score (nSPS) is 12.1. The quantitative estimate of drug-likeness (QED) is 0.770. The standard InChI is InChI=1S/C17H20FNO2/c1-21-16-7-5-14(6-8-16)17(20)12-19-10-9-13-3-2-4-15(18)11-13/h2-8,11,17,19-20H,9-10,12H2,1H3. The molecule has 2 aromatic rings. The number of nitrogens with one attached hydrogen (secondary N) is 1. The summed E-state index contributed by atoms with van der Waals surface area (Å²) in [4.78, 5) is 0. The summed E-state index contributed by atoms with van der Waals surface area (Å²) in [6, 6.07) is 13.9. The highest BCUT2D eigenvalue weighted by molar-refractivity contribution is 5.28. The average molecular weight is 289 g/mol. The maximum atomic E-state index is 13.0. The van der Waals surface area contributed by atoms with E-state index in [1.165, 1.54) is 12.1 Å². The summed E-state index contributed by atoms with van der Waals surface area (Å²) in [6.45, 7) is 1.15. The molecule has 0 aliphatic rings. The van der Waals surface area contributed by atoms with Crippen LogP contribution in [0, 0.1) is 5.82 Å². The minimum absolute atomic E-state index is 0.217. The molecular weight excluding hydrogens is 269 g/mol. The molecule has 0 aliphatic heterocycles. The van der Waals surface area contributed by atoms with Crippen LogP contribution in [0.1, 0.15) is 17.2 Å². The zero-order valence-electron chi connectivity index (χ0n) is 12.1. The lowest BCUT2D eigenvalue weighted by atomic mass is 10.1. The van der Waals surface area contributed by atoms with E-state index in [1.54, 1.807) is 13.2 Å². The molecule has 2 rings (SSSR count). The van der Waals surface area contributed by atoms with Crippen molar-refractivity contribution in [2.24, 2.45) is 0 Å². The van der Waals surface area contributed by atoms with Crippen molar-refractivity contribution in [3.05, 3.63) is 65.5 Å². The fraction of sp³-hybridized carbons (Fsp3) is 0.294. The van der Waals surface area contributed by atoms with E-state index in [4.69, 9.17) is 4.74 Å². The molecule has 112 valence electrons. The molecule has 1 unspecified atom stereocenters. The van der Waals surface area contributed by atoms with E-state index in [2.05, 4.69) is 5.32 Å². The molecule has 3 nitrogen and oxygen atoms in total. The van der Waals surface area contributed by atoms with Crippen molar-refractivity contribution in [2.45, 2.75) is 12.5 Å². The summed E-state index contributed by atoms with van der Waals surface area (Å²) in [5, 5.41) is 13.2. The van der Waals surface area contributed by atoms with Crippen LogP contribution < -0.4 is 10.1 Å². The highest BCUT2D eigenvalue weighted by Gasteiger charge is 2.06. The van der Waals surface area contributed by atoms with Gasteiger partial charge in [0.2, 0.25) is 0 Å². The van der Waals surface area contributed by atoms with Crippen LogP contribution in [-0.4, -0.2) is 25.3 Å². The Hall–Kier alpha value is -1.91. The summed E-state index contributed by atoms with van der Waals surface area (Å²) < 4.78 is 18.1. The van der Waals surface area contributed by atoms with Gasteiger partial charge in [-0.3, -0.25) is 0 Å². The van der Waals surface area contributed by atoms with E-state index in [-0.39, 0.29) is 5.82 Å². The van der Waals surface area contributed by atoms with Crippen LogP contribution in [0.3, 0.4) is 0 Å². The van der Waals surface area contributed by atoms with Crippen LogP contribution in [0.15, 0.2) is 48.5 Å². The van der Waals surface area contributed by atoms with E-state index >= 15 is 0 Å². The van der Waals surface area contributed by atoms with Gasteiger partial charge >= 0.3 is 0 Å². The Balaban J connectivity index is 1.74. The molecule has 0 spiro atoms. The number of rotatable bonds is 7. The number of aliphatic hydroxyl groups is 1. The van der Waals surface area contributed by atoms with E-state index < -0.39 is 6.10 Å². The second-order valence-corrected chi connectivity index (χ2v) is 4.87. The molecule has 1 atom stereocenters. The second kappa shape index (κ2) is 7.76. The van der Waals surface area contributed by atoms with Gasteiger partial charge in [0.25, 0.3) is 0 Å². The maximum Gasteiger partial charge on any atom is 0.123 e. The second-order valence-electron chi connectivity index (χ2n) is 4.87. The Labute approximate surface area is 124 Å². The highest BCUT2D eigenvalue weighted by Crippen LogP contribution is 2.16. The van der Waals surface area contributed by atoms with Gasteiger partial charge in [-0.25, -0.2) is 4.39 Å². The summed E-state index contributed by atoms with van der Waals surface area (Å²) in [6.07, 6.45) is 0.163. The average Bonchev–Trinajstić information content (AvgIpc) is 2.51. The van der Waals surface area contributed by atoms with E-state index in [0.29, 0.717) is 13.1 Å². The molecular formula is C17H20FNO2. The van der Waals surface area contributed by atoms with Crippen molar-refractivity contribution in [3.8, 4) is 5.75 Å². The lowest BCUT2D eigenvalue weighted by Gasteiger charge is -2.12. The van der Waals surface area contributed by atoms with Gasteiger partial charge in [-0.15, -0.1) is 0 Å². The van der Waals surface area contributed by atoms with Crippen LogP contribution in [0.25, 0.3) is 0 Å². The first kappa shape index (κ1) is 15.5. The largest absolute Gasteiger partial charge is 0.497 e. The smallest absolute Gasteiger partial charge is 0.123 e. The first-order valence-corrected chi connectivity index (χ1v) is 6.96. The zero-order valence-corrected chi connectivity index (χ0v) is 12.1. The molecule has 0 amide bonds. The molecule has 21 heavy (non-hydrogen) atoms. The minimum Gasteiger partial charge on any atom is -0.497 e. The Morgan fingerprint density at radius 1 is 1.19 bits per heavy atom. The van der Waals surface area contributed by atoms with Crippen LogP contribution in [0.5, 0.6) is 5.75 Å².